The van der Waals surface area contributed by atoms with Crippen molar-refractivity contribution < 1.29 is 27.8 Å². The number of carboxylic acid groups (broad SMARTS) is 1. The maximum Gasteiger partial charge on any atom is 0.490 e. The molecule has 2 N–H and O–H groups in total. The van der Waals surface area contributed by atoms with Crippen LogP contribution in [0.25, 0.3) is 0 Å². The van der Waals surface area contributed by atoms with Crippen LogP contribution in [0.15, 0.2) is 24.3 Å². The smallest absolute Gasteiger partial charge is 0.490 e. The van der Waals surface area contributed by atoms with Gasteiger partial charge in [-0.2, -0.15) is 28.1 Å². The number of benzene rings is 1. The fourth-order valence-electron chi connectivity index (χ4n) is 4.62. The molecule has 0 spiro atoms. The second-order valence-electron chi connectivity index (χ2n) is 9.45. The number of carbonyl (C=O) groups is 1. The molecule has 0 radical (unpaired) electrons. The van der Waals surface area contributed by atoms with Gasteiger partial charge < -0.3 is 20.1 Å². The minimum absolute atomic E-state index is 0.271. The van der Waals surface area contributed by atoms with E-state index in [2.05, 4.69) is 53.9 Å². The summed E-state index contributed by atoms with van der Waals surface area (Å²) in [6.45, 7) is 4.64. The first-order valence-corrected chi connectivity index (χ1v) is 12.5. The molecule has 15 heteroatoms. The van der Waals surface area contributed by atoms with Crippen LogP contribution in [0.5, 0.6) is 5.75 Å². The molecule has 2 unspecified atom stereocenters. The first-order valence-electron chi connectivity index (χ1n) is 12.5. The topological polar surface area (TPSA) is 144 Å². The molecule has 2 atom stereocenters. The maximum atomic E-state index is 10.6. The number of rotatable bonds is 6. The van der Waals surface area contributed by atoms with E-state index in [1.807, 2.05) is 17.7 Å². The second kappa shape index (κ2) is 12.2. The molecule has 2 aliphatic rings. The fourth-order valence-corrected chi connectivity index (χ4v) is 4.62. The van der Waals surface area contributed by atoms with Crippen molar-refractivity contribution in [2.24, 2.45) is 5.92 Å². The van der Waals surface area contributed by atoms with Gasteiger partial charge in [-0.25, -0.2) is 9.48 Å². The van der Waals surface area contributed by atoms with Gasteiger partial charge in [0.2, 0.25) is 11.9 Å². The summed E-state index contributed by atoms with van der Waals surface area (Å²) in [6, 6.07) is 8.61. The van der Waals surface area contributed by atoms with E-state index in [0.717, 1.165) is 75.1 Å². The number of aliphatic carboxylic acids is 1. The predicted octanol–water partition coefficient (Wildman–Crippen LogP) is 2.69. The Morgan fingerprint density at radius 1 is 1.18 bits per heavy atom. The summed E-state index contributed by atoms with van der Waals surface area (Å²) in [5.74, 6) is 1.82. The third-order valence-electron chi connectivity index (χ3n) is 6.55. The Morgan fingerprint density at radius 2 is 1.97 bits per heavy atom. The highest BCUT2D eigenvalue weighted by molar-refractivity contribution is 5.73. The number of hydrogen-bond donors (Lipinski definition) is 2. The lowest BCUT2D eigenvalue weighted by molar-refractivity contribution is -0.192. The van der Waals surface area contributed by atoms with Crippen LogP contribution in [-0.2, 0) is 24.2 Å². The average Bonchev–Trinajstić information content (AvgIpc) is 3.51. The summed E-state index contributed by atoms with van der Waals surface area (Å²) in [4.78, 5) is 25.1. The molecular weight excluding hydrogens is 519 g/mol. The largest absolute Gasteiger partial charge is 0.497 e. The Balaban J connectivity index is 0.000000448. The number of tetrazole rings is 1. The number of ether oxygens (including phenoxy) is 1. The van der Waals surface area contributed by atoms with Gasteiger partial charge in [0.05, 0.1) is 7.11 Å². The molecule has 1 fully saturated rings. The Morgan fingerprint density at radius 3 is 2.72 bits per heavy atom. The predicted molar refractivity (Wildman–Crippen MR) is 133 cm³/mol. The molecule has 0 saturated carbocycles. The molecule has 1 aromatic carbocycles. The number of nitrogens with one attached hydrogen (secondary N) is 1. The van der Waals surface area contributed by atoms with Crippen molar-refractivity contribution in [2.45, 2.75) is 57.8 Å². The van der Waals surface area contributed by atoms with Gasteiger partial charge in [0.25, 0.3) is 0 Å². The summed E-state index contributed by atoms with van der Waals surface area (Å²) in [6.07, 6.45) is -0.195. The van der Waals surface area contributed by atoms with E-state index in [-0.39, 0.29) is 6.04 Å². The Bertz CT molecular complexity index is 1250. The number of methoxy groups -OCH3 is 1. The molecule has 0 aliphatic carbocycles. The number of halogens is 3. The van der Waals surface area contributed by atoms with E-state index in [1.165, 1.54) is 5.56 Å². The van der Waals surface area contributed by atoms with Gasteiger partial charge in [0.1, 0.15) is 11.6 Å². The molecule has 2 aliphatic heterocycles. The number of carboxylic acids is 1. The molecule has 39 heavy (non-hydrogen) atoms. The molecule has 0 bridgehead atoms. The average molecular weight is 550 g/mol. The van der Waals surface area contributed by atoms with Crippen molar-refractivity contribution in [3.05, 3.63) is 41.5 Å². The van der Waals surface area contributed by atoms with Crippen LogP contribution >= 0.6 is 0 Å². The zero-order chi connectivity index (χ0) is 28.0. The third kappa shape index (κ3) is 7.74. The normalized spacial score (nSPS) is 18.9. The van der Waals surface area contributed by atoms with Gasteiger partial charge in [0, 0.05) is 32.1 Å². The third-order valence-corrected chi connectivity index (χ3v) is 6.55. The lowest BCUT2D eigenvalue weighted by Crippen LogP contribution is -2.26. The molecular formula is C24H30F3N9O3. The van der Waals surface area contributed by atoms with Gasteiger partial charge >= 0.3 is 12.1 Å². The van der Waals surface area contributed by atoms with Crippen LogP contribution in [0.3, 0.4) is 0 Å². The first-order chi connectivity index (χ1) is 18.6. The van der Waals surface area contributed by atoms with Crippen molar-refractivity contribution >= 4 is 17.9 Å². The van der Waals surface area contributed by atoms with Crippen molar-refractivity contribution in [3.63, 3.8) is 0 Å². The molecule has 5 rings (SSSR count). The minimum Gasteiger partial charge on any atom is -0.497 e. The summed E-state index contributed by atoms with van der Waals surface area (Å²) in [5, 5.41) is 22.6. The Hall–Kier alpha value is -4.04. The summed E-state index contributed by atoms with van der Waals surface area (Å²) < 4.78 is 39.0. The summed E-state index contributed by atoms with van der Waals surface area (Å²) >= 11 is 0. The minimum atomic E-state index is -5.08. The number of fused-ring (bicyclic) bond motifs is 1. The molecule has 0 amide bonds. The molecule has 12 nitrogen and oxygen atoms in total. The van der Waals surface area contributed by atoms with Crippen LogP contribution in [-0.4, -0.2) is 78.7 Å². The zero-order valence-electron chi connectivity index (χ0n) is 21.6. The van der Waals surface area contributed by atoms with Gasteiger partial charge in [-0.05, 0) is 66.6 Å². The van der Waals surface area contributed by atoms with E-state index in [9.17, 15) is 13.2 Å². The fraction of sp³-hybridized carbons (Fsp3) is 0.542. The quantitative estimate of drug-likeness (QED) is 0.468. The number of nitrogens with zero attached hydrogens (tertiary/aromatic N) is 8. The van der Waals surface area contributed by atoms with Crippen molar-refractivity contribution in [3.8, 4) is 5.75 Å². The zero-order valence-corrected chi connectivity index (χ0v) is 21.6. The Kier molecular flexibility index (Phi) is 8.76. The molecule has 3 aromatic rings. The second-order valence-corrected chi connectivity index (χ2v) is 9.45. The number of anilines is 2. The van der Waals surface area contributed by atoms with Crippen LogP contribution in [0.2, 0.25) is 0 Å². The van der Waals surface area contributed by atoms with E-state index in [1.54, 1.807) is 7.11 Å². The molecule has 1 saturated heterocycles. The molecule has 4 heterocycles. The SMILES string of the molecule is COc1cccc(CC2CCN(c3nc(C)nc(NC4CCc5nnnn5CC4)n3)C2)c1.O=C(O)C(F)(F)F. The van der Waals surface area contributed by atoms with Gasteiger partial charge in [0.15, 0.2) is 5.82 Å². The van der Waals surface area contributed by atoms with Crippen molar-refractivity contribution in [1.29, 1.82) is 0 Å². The Labute approximate surface area is 222 Å². The van der Waals surface area contributed by atoms with E-state index in [4.69, 9.17) is 19.6 Å². The molecule has 210 valence electrons. The highest BCUT2D eigenvalue weighted by atomic mass is 19.4. The number of alkyl halides is 3. The highest BCUT2D eigenvalue weighted by Gasteiger charge is 2.38. The number of aryl methyl sites for hydroxylation is 3. The van der Waals surface area contributed by atoms with Crippen molar-refractivity contribution in [1.82, 2.24) is 35.2 Å². The lowest BCUT2D eigenvalue weighted by atomic mass is 9.98. The summed E-state index contributed by atoms with van der Waals surface area (Å²) in [7, 11) is 1.71. The van der Waals surface area contributed by atoms with Crippen molar-refractivity contribution in [2.75, 3.05) is 30.4 Å². The lowest BCUT2D eigenvalue weighted by Gasteiger charge is -2.20. The number of aromatic nitrogens is 7. The summed E-state index contributed by atoms with van der Waals surface area (Å²) in [5.41, 5.74) is 1.31. The number of hydrogen-bond acceptors (Lipinski definition) is 10. The monoisotopic (exact) mass is 549 g/mol. The van der Waals surface area contributed by atoms with Gasteiger partial charge in [-0.1, -0.05) is 12.1 Å². The van der Waals surface area contributed by atoms with Gasteiger partial charge in [-0.15, -0.1) is 5.10 Å². The van der Waals surface area contributed by atoms with E-state index < -0.39 is 12.1 Å². The molecule has 2 aromatic heterocycles. The van der Waals surface area contributed by atoms with Gasteiger partial charge in [-0.3, -0.25) is 0 Å². The first kappa shape index (κ1) is 28.0. The van der Waals surface area contributed by atoms with E-state index in [0.29, 0.717) is 11.9 Å². The van der Waals surface area contributed by atoms with E-state index >= 15 is 0 Å². The van der Waals surface area contributed by atoms with Crippen LogP contribution in [0.4, 0.5) is 25.1 Å². The standard InChI is InChI=1S/C22H29N9O.C2HF3O2/c1-15-23-21(25-18-6-7-20-27-28-29-31(20)11-9-18)26-22(24-15)30-10-8-17(14-30)12-16-4-3-5-19(13-16)32-2;3-2(4,5)1(6)7/h3-5,13,17-18H,6-12,14H2,1-2H3,(H,23,24,25,26);(H,6,7). The van der Waals surface area contributed by atoms with Crippen LogP contribution < -0.4 is 15.0 Å². The van der Waals surface area contributed by atoms with Crippen LogP contribution in [0, 0.1) is 12.8 Å². The maximum absolute atomic E-state index is 10.6. The van der Waals surface area contributed by atoms with Crippen LogP contribution in [0.1, 0.15) is 36.5 Å². The highest BCUT2D eigenvalue weighted by Crippen LogP contribution is 2.26.